The van der Waals surface area contributed by atoms with Crippen molar-refractivity contribution >= 4 is 67.5 Å². The minimum Gasteiger partial charge on any atom is -0.287 e. The van der Waals surface area contributed by atoms with E-state index in [4.69, 9.17) is 0 Å². The first-order valence-corrected chi connectivity index (χ1v) is 9.14. The molecule has 0 saturated carbocycles. The maximum absolute atomic E-state index is 11.4. The molecule has 1 heterocycles. The zero-order valence-electron chi connectivity index (χ0n) is 9.51. The second kappa shape index (κ2) is 9.06. The lowest BCUT2D eigenvalue weighted by atomic mass is 10.5. The van der Waals surface area contributed by atoms with E-state index in [1.807, 2.05) is 0 Å². The van der Waals surface area contributed by atoms with E-state index in [1.54, 1.807) is 0 Å². The Hall–Kier alpha value is 0.0800. The Morgan fingerprint density at radius 2 is 0.722 bits per heavy atom. The van der Waals surface area contributed by atoms with Crippen LogP contribution in [0.3, 0.4) is 0 Å². The van der Waals surface area contributed by atoms with Crippen molar-refractivity contribution in [3.8, 4) is 0 Å². The van der Waals surface area contributed by atoms with Gasteiger partial charge in [0.1, 0.15) is 0 Å². The third-order valence-electron chi connectivity index (χ3n) is 1.80. The molecule has 0 bridgehead atoms. The van der Waals surface area contributed by atoms with E-state index in [2.05, 4.69) is 0 Å². The Kier molecular flexibility index (Phi) is 8.12. The Morgan fingerprint density at radius 1 is 0.500 bits per heavy atom. The highest BCUT2D eigenvalue weighted by atomic mass is 32.2. The van der Waals surface area contributed by atoms with Gasteiger partial charge in [0, 0.05) is 23.0 Å². The Labute approximate surface area is 122 Å². The first-order valence-electron chi connectivity index (χ1n) is 5.20. The summed E-state index contributed by atoms with van der Waals surface area (Å²) in [7, 11) is 0. The summed E-state index contributed by atoms with van der Waals surface area (Å²) in [6.07, 6.45) is -0.154. The molecule has 0 radical (unpaired) electrons. The van der Waals surface area contributed by atoms with Crippen LogP contribution in [0.5, 0.6) is 0 Å². The largest absolute Gasteiger partial charge is 0.287 e. The van der Waals surface area contributed by atoms with E-state index in [-0.39, 0.29) is 33.3 Å². The molecule has 0 aromatic carbocycles. The van der Waals surface area contributed by atoms with Crippen molar-refractivity contribution in [3.63, 3.8) is 0 Å². The normalized spacial score (nSPS) is 21.8. The fraction of sp³-hybridized carbons (Fsp3) is 0.600. The summed E-state index contributed by atoms with van der Waals surface area (Å²) in [5.41, 5.74) is 0. The highest BCUT2D eigenvalue weighted by molar-refractivity contribution is 8.19. The van der Waals surface area contributed by atoms with E-state index < -0.39 is 0 Å². The molecule has 0 spiro atoms. The molecule has 100 valence electrons. The summed E-state index contributed by atoms with van der Waals surface area (Å²) in [4.78, 5) is 45.5. The van der Waals surface area contributed by atoms with E-state index in [0.29, 0.717) is 23.0 Å². The van der Waals surface area contributed by atoms with Gasteiger partial charge in [-0.3, -0.25) is 19.2 Å². The van der Waals surface area contributed by atoms with Crippen LogP contribution in [0.4, 0.5) is 0 Å². The van der Waals surface area contributed by atoms with E-state index in [1.165, 1.54) is 0 Å². The SMILES string of the molecule is O=C1CC(=O)SCCSC(=O)CC(=O)SCCS1. The van der Waals surface area contributed by atoms with Crippen LogP contribution in [0, 0.1) is 0 Å². The predicted molar refractivity (Wildman–Crippen MR) is 79.1 cm³/mol. The van der Waals surface area contributed by atoms with Crippen LogP contribution in [0.25, 0.3) is 0 Å². The number of thioether (sulfide) groups is 4. The zero-order valence-corrected chi connectivity index (χ0v) is 12.8. The molecule has 1 fully saturated rings. The first-order chi connectivity index (χ1) is 8.58. The first kappa shape index (κ1) is 16.1. The molecule has 18 heavy (non-hydrogen) atoms. The molecule has 0 aliphatic carbocycles. The van der Waals surface area contributed by atoms with Gasteiger partial charge in [-0.25, -0.2) is 0 Å². The highest BCUT2D eigenvalue weighted by Gasteiger charge is 2.15. The van der Waals surface area contributed by atoms with Gasteiger partial charge in [-0.05, 0) is 0 Å². The van der Waals surface area contributed by atoms with Crippen LogP contribution in [-0.2, 0) is 19.2 Å². The van der Waals surface area contributed by atoms with Gasteiger partial charge < -0.3 is 0 Å². The molecule has 8 heteroatoms. The van der Waals surface area contributed by atoms with Crippen molar-refractivity contribution in [1.29, 1.82) is 0 Å². The molecule has 0 unspecified atom stereocenters. The monoisotopic (exact) mass is 324 g/mol. The Morgan fingerprint density at radius 3 is 0.944 bits per heavy atom. The molecule has 1 aliphatic heterocycles. The van der Waals surface area contributed by atoms with Crippen LogP contribution in [0.15, 0.2) is 0 Å². The highest BCUT2D eigenvalue weighted by Crippen LogP contribution is 2.19. The van der Waals surface area contributed by atoms with Crippen molar-refractivity contribution in [2.45, 2.75) is 12.8 Å². The Balaban J connectivity index is 2.46. The van der Waals surface area contributed by atoms with Crippen molar-refractivity contribution in [1.82, 2.24) is 0 Å². The summed E-state index contributed by atoms with van der Waals surface area (Å²) < 4.78 is 0. The van der Waals surface area contributed by atoms with Crippen molar-refractivity contribution < 1.29 is 19.2 Å². The number of carbonyl (C=O) groups excluding carboxylic acids is 4. The maximum atomic E-state index is 11.4. The lowest BCUT2D eigenvalue weighted by Crippen LogP contribution is -2.07. The average Bonchev–Trinajstić information content (AvgIpc) is 2.29. The molecule has 1 rings (SSSR count). The van der Waals surface area contributed by atoms with Crippen LogP contribution in [-0.4, -0.2) is 43.5 Å². The molecular formula is C10H12O4S4. The van der Waals surface area contributed by atoms with Crippen LogP contribution >= 0.6 is 47.0 Å². The van der Waals surface area contributed by atoms with Crippen LogP contribution in [0.2, 0.25) is 0 Å². The van der Waals surface area contributed by atoms with Gasteiger partial charge >= 0.3 is 0 Å². The topological polar surface area (TPSA) is 68.3 Å². The summed E-state index contributed by atoms with van der Waals surface area (Å²) in [5, 5.41) is -0.606. The number of hydrogen-bond donors (Lipinski definition) is 0. The standard InChI is InChI=1S/C10H12O4S4/c11-7-5-9(13)17-3-4-18-10(14)6-8(12)16-2-1-15-7/h1-6H2. The third kappa shape index (κ3) is 7.50. The molecule has 0 amide bonds. The fourth-order valence-corrected chi connectivity index (χ4v) is 4.42. The van der Waals surface area contributed by atoms with Gasteiger partial charge in [0.25, 0.3) is 0 Å². The minimum absolute atomic E-state index is 0.0768. The fourth-order valence-electron chi connectivity index (χ4n) is 1.06. The molecule has 1 saturated heterocycles. The maximum Gasteiger partial charge on any atom is 0.197 e. The molecule has 0 N–H and O–H groups in total. The second-order valence-electron chi connectivity index (χ2n) is 3.24. The van der Waals surface area contributed by atoms with E-state index in [0.717, 1.165) is 47.0 Å². The number of carbonyl (C=O) groups is 4. The summed E-state index contributed by atoms with van der Waals surface area (Å²) >= 11 is 4.29. The van der Waals surface area contributed by atoms with Gasteiger partial charge in [0.2, 0.25) is 0 Å². The molecule has 0 aromatic heterocycles. The molecule has 1 aliphatic rings. The minimum atomic E-state index is -0.152. The van der Waals surface area contributed by atoms with E-state index in [9.17, 15) is 19.2 Å². The van der Waals surface area contributed by atoms with Gasteiger partial charge in [0.15, 0.2) is 20.5 Å². The predicted octanol–water partition coefficient (Wildman–Crippen LogP) is 1.82. The summed E-state index contributed by atoms with van der Waals surface area (Å²) in [5.74, 6) is 1.98. The van der Waals surface area contributed by atoms with Crippen molar-refractivity contribution in [2.75, 3.05) is 23.0 Å². The molecule has 0 aromatic rings. The smallest absolute Gasteiger partial charge is 0.197 e. The van der Waals surface area contributed by atoms with Gasteiger partial charge in [0.05, 0.1) is 12.8 Å². The van der Waals surface area contributed by atoms with Gasteiger partial charge in [-0.1, -0.05) is 47.0 Å². The van der Waals surface area contributed by atoms with E-state index >= 15 is 0 Å². The van der Waals surface area contributed by atoms with Crippen molar-refractivity contribution in [2.24, 2.45) is 0 Å². The quantitative estimate of drug-likeness (QED) is 0.625. The number of rotatable bonds is 0. The van der Waals surface area contributed by atoms with Gasteiger partial charge in [-0.2, -0.15) is 0 Å². The summed E-state index contributed by atoms with van der Waals surface area (Å²) in [6, 6.07) is 0. The average molecular weight is 324 g/mol. The number of hydrogen-bond acceptors (Lipinski definition) is 8. The second-order valence-corrected chi connectivity index (χ2v) is 7.84. The van der Waals surface area contributed by atoms with Gasteiger partial charge in [-0.15, -0.1) is 0 Å². The van der Waals surface area contributed by atoms with Crippen LogP contribution < -0.4 is 0 Å². The third-order valence-corrected chi connectivity index (χ3v) is 5.81. The molecular weight excluding hydrogens is 312 g/mol. The molecule has 4 nitrogen and oxygen atoms in total. The van der Waals surface area contributed by atoms with Crippen molar-refractivity contribution in [3.05, 3.63) is 0 Å². The van der Waals surface area contributed by atoms with Crippen LogP contribution in [0.1, 0.15) is 12.8 Å². The Bertz CT molecular complexity index is 290. The lowest BCUT2D eigenvalue weighted by Gasteiger charge is -2.04. The lowest BCUT2D eigenvalue weighted by molar-refractivity contribution is -0.119. The zero-order chi connectivity index (χ0) is 13.4. The molecule has 0 atom stereocenters. The summed E-state index contributed by atoms with van der Waals surface area (Å²) in [6.45, 7) is 0.